The van der Waals surface area contributed by atoms with Crippen molar-refractivity contribution in [3.05, 3.63) is 71.8 Å². The zero-order chi connectivity index (χ0) is 16.1. The maximum atomic E-state index is 12.8. The van der Waals surface area contributed by atoms with Crippen molar-refractivity contribution in [2.45, 2.75) is 18.2 Å². The Morgan fingerprint density at radius 1 is 0.957 bits per heavy atom. The van der Waals surface area contributed by atoms with Gasteiger partial charge in [0.2, 0.25) is 10.0 Å². The van der Waals surface area contributed by atoms with Gasteiger partial charge in [-0.25, -0.2) is 8.42 Å². The molecule has 1 aliphatic heterocycles. The molecule has 1 unspecified atom stereocenters. The van der Waals surface area contributed by atoms with Crippen LogP contribution in [0.4, 0.5) is 0 Å². The molecule has 2 aromatic rings. The fraction of sp³-hybridized carbons (Fsp3) is 0.333. The second-order valence-corrected chi connectivity index (χ2v) is 7.69. The summed E-state index contributed by atoms with van der Waals surface area (Å²) in [6, 6.07) is 19.1. The third-order valence-corrected chi connectivity index (χ3v) is 5.93. The summed E-state index contributed by atoms with van der Waals surface area (Å²) in [6.45, 7) is 1.33. The van der Waals surface area contributed by atoms with Crippen LogP contribution in [-0.4, -0.2) is 38.5 Å². The summed E-state index contributed by atoms with van der Waals surface area (Å²) in [6.07, 6.45) is 0.675. The number of rotatable bonds is 5. The Kier molecular flexibility index (Phi) is 5.10. The van der Waals surface area contributed by atoms with E-state index < -0.39 is 10.0 Å². The van der Waals surface area contributed by atoms with Gasteiger partial charge in [-0.2, -0.15) is 4.31 Å². The predicted molar refractivity (Wildman–Crippen MR) is 90.5 cm³/mol. The van der Waals surface area contributed by atoms with Crippen LogP contribution in [0.25, 0.3) is 0 Å². The highest BCUT2D eigenvalue weighted by Crippen LogP contribution is 2.20. The first-order chi connectivity index (χ1) is 11.1. The van der Waals surface area contributed by atoms with E-state index in [1.54, 1.807) is 4.31 Å². The third kappa shape index (κ3) is 4.19. The molecule has 1 aliphatic rings. The lowest BCUT2D eigenvalue weighted by atomic mass is 10.1. The van der Waals surface area contributed by atoms with Gasteiger partial charge < -0.3 is 4.74 Å². The highest BCUT2D eigenvalue weighted by molar-refractivity contribution is 7.88. The van der Waals surface area contributed by atoms with Crippen LogP contribution in [0.3, 0.4) is 0 Å². The summed E-state index contributed by atoms with van der Waals surface area (Å²) in [4.78, 5) is 0. The Morgan fingerprint density at radius 3 is 2.22 bits per heavy atom. The number of ether oxygens (including phenoxy) is 1. The van der Waals surface area contributed by atoms with Crippen LogP contribution in [-0.2, 0) is 26.9 Å². The lowest BCUT2D eigenvalue weighted by Gasteiger charge is -2.34. The van der Waals surface area contributed by atoms with Crippen LogP contribution in [0.5, 0.6) is 0 Å². The monoisotopic (exact) mass is 331 g/mol. The highest BCUT2D eigenvalue weighted by Gasteiger charge is 2.32. The Balaban J connectivity index is 1.77. The lowest BCUT2D eigenvalue weighted by Crippen LogP contribution is -2.49. The van der Waals surface area contributed by atoms with Gasteiger partial charge in [0.25, 0.3) is 0 Å². The number of sulfonamides is 1. The summed E-state index contributed by atoms with van der Waals surface area (Å²) in [5, 5.41) is 0. The lowest BCUT2D eigenvalue weighted by molar-refractivity contribution is 0.0327. The molecule has 0 bridgehead atoms. The molecule has 23 heavy (non-hydrogen) atoms. The minimum Gasteiger partial charge on any atom is -0.378 e. The van der Waals surface area contributed by atoms with Crippen LogP contribution in [0.1, 0.15) is 11.1 Å². The van der Waals surface area contributed by atoms with Crippen LogP contribution in [0, 0.1) is 0 Å². The fourth-order valence-electron chi connectivity index (χ4n) is 2.92. The molecule has 1 atom stereocenters. The van der Waals surface area contributed by atoms with Gasteiger partial charge in [-0.1, -0.05) is 60.7 Å². The van der Waals surface area contributed by atoms with Gasteiger partial charge in [0, 0.05) is 6.54 Å². The van der Waals surface area contributed by atoms with E-state index in [0.717, 1.165) is 11.1 Å². The largest absolute Gasteiger partial charge is 0.378 e. The number of benzene rings is 2. The van der Waals surface area contributed by atoms with Crippen molar-refractivity contribution in [2.24, 2.45) is 0 Å². The molecule has 0 radical (unpaired) electrons. The molecule has 2 aromatic carbocycles. The van der Waals surface area contributed by atoms with E-state index in [1.165, 1.54) is 0 Å². The van der Waals surface area contributed by atoms with E-state index in [0.29, 0.717) is 26.2 Å². The molecular weight excluding hydrogens is 310 g/mol. The summed E-state index contributed by atoms with van der Waals surface area (Å²) >= 11 is 0. The summed E-state index contributed by atoms with van der Waals surface area (Å²) in [5.74, 6) is 0.0408. The first-order valence-corrected chi connectivity index (χ1v) is 9.41. The van der Waals surface area contributed by atoms with Gasteiger partial charge >= 0.3 is 0 Å². The van der Waals surface area contributed by atoms with Crippen LogP contribution >= 0.6 is 0 Å². The van der Waals surface area contributed by atoms with Crippen LogP contribution in [0.2, 0.25) is 0 Å². The zero-order valence-corrected chi connectivity index (χ0v) is 13.8. The fourth-order valence-corrected chi connectivity index (χ4v) is 4.64. The number of hydrogen-bond donors (Lipinski definition) is 0. The molecule has 0 aliphatic carbocycles. The minimum absolute atomic E-state index is 0.0408. The average molecular weight is 331 g/mol. The summed E-state index contributed by atoms with van der Waals surface area (Å²) < 4.78 is 32.8. The van der Waals surface area contributed by atoms with Gasteiger partial charge in [-0.3, -0.25) is 0 Å². The van der Waals surface area contributed by atoms with Crippen molar-refractivity contribution in [3.63, 3.8) is 0 Å². The van der Waals surface area contributed by atoms with Gasteiger partial charge in [0.1, 0.15) is 0 Å². The molecule has 5 heteroatoms. The van der Waals surface area contributed by atoms with E-state index in [4.69, 9.17) is 4.74 Å². The number of hydrogen-bond acceptors (Lipinski definition) is 3. The molecule has 3 rings (SSSR count). The Hall–Kier alpha value is -1.69. The second-order valence-electron chi connectivity index (χ2n) is 5.77. The van der Waals surface area contributed by atoms with E-state index >= 15 is 0 Å². The SMILES string of the molecule is O=S(=O)(Cc1ccccc1)N1CCOCC1Cc1ccccc1. The molecule has 1 saturated heterocycles. The molecule has 1 fully saturated rings. The van der Waals surface area contributed by atoms with E-state index in [-0.39, 0.29) is 11.8 Å². The maximum absolute atomic E-state index is 12.8. The molecule has 122 valence electrons. The summed E-state index contributed by atoms with van der Waals surface area (Å²) in [5.41, 5.74) is 1.94. The quantitative estimate of drug-likeness (QED) is 0.845. The Labute approximate surface area is 137 Å². The number of morpholine rings is 1. The molecule has 0 amide bonds. The zero-order valence-electron chi connectivity index (χ0n) is 13.0. The standard InChI is InChI=1S/C18H21NO3S/c20-23(21,15-17-9-5-2-6-10-17)19-11-12-22-14-18(19)13-16-7-3-1-4-8-16/h1-10,18H,11-15H2. The molecule has 4 nitrogen and oxygen atoms in total. The minimum atomic E-state index is -3.35. The molecule has 1 heterocycles. The molecule has 0 saturated carbocycles. The van der Waals surface area contributed by atoms with Crippen LogP contribution < -0.4 is 0 Å². The predicted octanol–water partition coefficient (Wildman–Crippen LogP) is 2.46. The van der Waals surface area contributed by atoms with E-state index in [9.17, 15) is 8.42 Å². The van der Waals surface area contributed by atoms with Crippen molar-refractivity contribution < 1.29 is 13.2 Å². The van der Waals surface area contributed by atoms with Gasteiger partial charge in [-0.05, 0) is 17.5 Å². The van der Waals surface area contributed by atoms with Gasteiger partial charge in [-0.15, -0.1) is 0 Å². The van der Waals surface area contributed by atoms with Crippen molar-refractivity contribution in [1.29, 1.82) is 0 Å². The maximum Gasteiger partial charge on any atom is 0.218 e. The van der Waals surface area contributed by atoms with Crippen LogP contribution in [0.15, 0.2) is 60.7 Å². The molecule has 0 aromatic heterocycles. The topological polar surface area (TPSA) is 46.6 Å². The molecule has 0 spiro atoms. The van der Waals surface area contributed by atoms with Crippen molar-refractivity contribution in [1.82, 2.24) is 4.31 Å². The first kappa shape index (κ1) is 16.2. The smallest absolute Gasteiger partial charge is 0.218 e. The van der Waals surface area contributed by atoms with E-state index in [2.05, 4.69) is 0 Å². The Bertz CT molecular complexity index is 716. The van der Waals surface area contributed by atoms with Crippen molar-refractivity contribution in [2.75, 3.05) is 19.8 Å². The number of nitrogens with zero attached hydrogens (tertiary/aromatic N) is 1. The van der Waals surface area contributed by atoms with Gasteiger partial charge in [0.05, 0.1) is 25.0 Å². The average Bonchev–Trinajstić information content (AvgIpc) is 2.57. The van der Waals surface area contributed by atoms with Gasteiger partial charge in [0.15, 0.2) is 0 Å². The molecular formula is C18H21NO3S. The second kappa shape index (κ2) is 7.25. The Morgan fingerprint density at radius 2 is 1.57 bits per heavy atom. The first-order valence-electron chi connectivity index (χ1n) is 7.80. The van der Waals surface area contributed by atoms with Crippen molar-refractivity contribution in [3.8, 4) is 0 Å². The summed E-state index contributed by atoms with van der Waals surface area (Å²) in [7, 11) is -3.35. The van der Waals surface area contributed by atoms with Crippen molar-refractivity contribution >= 4 is 10.0 Å². The third-order valence-electron chi connectivity index (χ3n) is 4.04. The highest BCUT2D eigenvalue weighted by atomic mass is 32.2. The molecule has 0 N–H and O–H groups in total. The normalized spacial score (nSPS) is 19.6. The van der Waals surface area contributed by atoms with E-state index in [1.807, 2.05) is 60.7 Å².